The lowest BCUT2D eigenvalue weighted by Gasteiger charge is -2.20. The third-order valence-corrected chi connectivity index (χ3v) is 3.74. The molecule has 1 atom stereocenters. The Kier molecular flexibility index (Phi) is 4.24. The quantitative estimate of drug-likeness (QED) is 0.929. The molecule has 1 aromatic carbocycles. The van der Waals surface area contributed by atoms with Crippen molar-refractivity contribution >= 4 is 33.4 Å². The molecule has 4 nitrogen and oxygen atoms in total. The van der Waals surface area contributed by atoms with E-state index in [0.29, 0.717) is 13.0 Å². The average molecular weight is 325 g/mol. The molecule has 0 bridgehead atoms. The fourth-order valence-corrected chi connectivity index (χ4v) is 2.62. The summed E-state index contributed by atoms with van der Waals surface area (Å²) >= 11 is 3.36. The molecule has 102 valence electrons. The van der Waals surface area contributed by atoms with Crippen molar-refractivity contribution in [3.05, 3.63) is 28.7 Å². The molecule has 5 heteroatoms. The summed E-state index contributed by atoms with van der Waals surface area (Å²) in [5.41, 5.74) is 0.745. The van der Waals surface area contributed by atoms with Gasteiger partial charge in [-0.3, -0.25) is 9.59 Å². The third-order valence-electron chi connectivity index (χ3n) is 3.24. The van der Waals surface area contributed by atoms with Gasteiger partial charge in [0.05, 0.1) is 5.92 Å². The van der Waals surface area contributed by atoms with Gasteiger partial charge in [0.1, 0.15) is 0 Å². The lowest BCUT2D eigenvalue weighted by Crippen LogP contribution is -2.33. The summed E-state index contributed by atoms with van der Waals surface area (Å²) in [6, 6.07) is 7.58. The number of benzene rings is 1. The highest BCUT2D eigenvalue weighted by Crippen LogP contribution is 2.22. The molecule has 1 aromatic rings. The summed E-state index contributed by atoms with van der Waals surface area (Å²) in [5.74, 6) is -0.284. The van der Waals surface area contributed by atoms with Crippen molar-refractivity contribution in [2.75, 3.05) is 11.9 Å². The summed E-state index contributed by atoms with van der Waals surface area (Å²) in [6.45, 7) is 4.44. The second-order valence-corrected chi connectivity index (χ2v) is 5.96. The molecule has 0 saturated carbocycles. The first-order valence-corrected chi connectivity index (χ1v) is 7.12. The van der Waals surface area contributed by atoms with E-state index in [1.54, 1.807) is 4.90 Å². The van der Waals surface area contributed by atoms with Crippen molar-refractivity contribution in [2.24, 2.45) is 5.92 Å². The van der Waals surface area contributed by atoms with E-state index in [2.05, 4.69) is 21.2 Å². The SMILES string of the molecule is CC(C)N1CC(C(=O)Nc2cccc(Br)c2)CC1=O. The fraction of sp³-hybridized carbons (Fsp3) is 0.429. The van der Waals surface area contributed by atoms with Crippen LogP contribution in [0.2, 0.25) is 0 Å². The van der Waals surface area contributed by atoms with Crippen LogP contribution in [0.1, 0.15) is 20.3 Å². The van der Waals surface area contributed by atoms with Crippen LogP contribution in [0, 0.1) is 5.92 Å². The number of carbonyl (C=O) groups is 2. The Morgan fingerprint density at radius 2 is 2.21 bits per heavy atom. The first-order valence-electron chi connectivity index (χ1n) is 6.33. The Hall–Kier alpha value is -1.36. The normalized spacial score (nSPS) is 19.1. The van der Waals surface area contributed by atoms with Crippen LogP contribution in [0.5, 0.6) is 0 Å². The molecule has 1 fully saturated rings. The molecule has 0 aromatic heterocycles. The fourth-order valence-electron chi connectivity index (χ4n) is 2.22. The van der Waals surface area contributed by atoms with E-state index in [4.69, 9.17) is 0 Å². The molecule has 1 unspecified atom stereocenters. The zero-order chi connectivity index (χ0) is 14.0. The third kappa shape index (κ3) is 3.35. The van der Waals surface area contributed by atoms with Gasteiger partial charge in [0, 0.05) is 29.2 Å². The molecular weight excluding hydrogens is 308 g/mol. The molecule has 1 saturated heterocycles. The standard InChI is InChI=1S/C14H17BrN2O2/c1-9(2)17-8-10(6-13(17)18)14(19)16-12-5-3-4-11(15)7-12/h3-5,7,9-10H,6,8H2,1-2H3,(H,16,19). The van der Waals surface area contributed by atoms with Crippen LogP contribution in [0.4, 0.5) is 5.69 Å². The molecule has 1 N–H and O–H groups in total. The zero-order valence-corrected chi connectivity index (χ0v) is 12.6. The molecule has 0 aliphatic carbocycles. The Balaban J connectivity index is 2.00. The Labute approximate surface area is 121 Å². The first kappa shape index (κ1) is 14.1. The number of carbonyl (C=O) groups excluding carboxylic acids is 2. The maximum Gasteiger partial charge on any atom is 0.229 e. The molecule has 1 heterocycles. The van der Waals surface area contributed by atoms with Crippen LogP contribution in [0.15, 0.2) is 28.7 Å². The van der Waals surface area contributed by atoms with E-state index >= 15 is 0 Å². The van der Waals surface area contributed by atoms with Crippen LogP contribution in [-0.4, -0.2) is 29.3 Å². The Morgan fingerprint density at radius 3 is 2.79 bits per heavy atom. The van der Waals surface area contributed by atoms with Crippen LogP contribution < -0.4 is 5.32 Å². The maximum absolute atomic E-state index is 12.1. The minimum Gasteiger partial charge on any atom is -0.339 e. The maximum atomic E-state index is 12.1. The van der Waals surface area contributed by atoms with Crippen LogP contribution >= 0.6 is 15.9 Å². The summed E-state index contributed by atoms with van der Waals surface area (Å²) in [5, 5.41) is 2.86. The van der Waals surface area contributed by atoms with E-state index in [1.807, 2.05) is 38.1 Å². The minimum atomic E-state index is -0.256. The van der Waals surface area contributed by atoms with Crippen LogP contribution in [0.25, 0.3) is 0 Å². The molecule has 0 spiro atoms. The number of nitrogens with one attached hydrogen (secondary N) is 1. The van der Waals surface area contributed by atoms with Gasteiger partial charge in [-0.15, -0.1) is 0 Å². The number of nitrogens with zero attached hydrogens (tertiary/aromatic N) is 1. The molecule has 1 aliphatic rings. The zero-order valence-electron chi connectivity index (χ0n) is 11.0. The number of rotatable bonds is 3. The summed E-state index contributed by atoms with van der Waals surface area (Å²) < 4.78 is 0.914. The van der Waals surface area contributed by atoms with Gasteiger partial charge in [0.2, 0.25) is 11.8 Å². The second kappa shape index (κ2) is 5.74. The highest BCUT2D eigenvalue weighted by Gasteiger charge is 2.35. The highest BCUT2D eigenvalue weighted by molar-refractivity contribution is 9.10. The molecule has 1 aliphatic heterocycles. The number of likely N-dealkylation sites (tertiary alicyclic amines) is 1. The van der Waals surface area contributed by atoms with Crippen LogP contribution in [-0.2, 0) is 9.59 Å². The van der Waals surface area contributed by atoms with E-state index in [9.17, 15) is 9.59 Å². The smallest absolute Gasteiger partial charge is 0.229 e. The number of hydrogen-bond donors (Lipinski definition) is 1. The van der Waals surface area contributed by atoms with Crippen molar-refractivity contribution in [2.45, 2.75) is 26.3 Å². The van der Waals surface area contributed by atoms with Gasteiger partial charge in [-0.1, -0.05) is 22.0 Å². The molecule has 19 heavy (non-hydrogen) atoms. The van der Waals surface area contributed by atoms with Crippen molar-refractivity contribution in [3.63, 3.8) is 0 Å². The van der Waals surface area contributed by atoms with Gasteiger partial charge >= 0.3 is 0 Å². The van der Waals surface area contributed by atoms with Gasteiger partial charge in [-0.2, -0.15) is 0 Å². The topological polar surface area (TPSA) is 49.4 Å². The van der Waals surface area contributed by atoms with Gasteiger partial charge in [-0.05, 0) is 32.0 Å². The Morgan fingerprint density at radius 1 is 1.47 bits per heavy atom. The van der Waals surface area contributed by atoms with Crippen molar-refractivity contribution in [1.29, 1.82) is 0 Å². The van der Waals surface area contributed by atoms with Gasteiger partial charge in [0.25, 0.3) is 0 Å². The largest absolute Gasteiger partial charge is 0.339 e. The highest BCUT2D eigenvalue weighted by atomic mass is 79.9. The predicted octanol–water partition coefficient (Wildman–Crippen LogP) is 2.64. The monoisotopic (exact) mass is 324 g/mol. The van der Waals surface area contributed by atoms with Gasteiger partial charge < -0.3 is 10.2 Å². The Bertz CT molecular complexity index is 502. The number of hydrogen-bond acceptors (Lipinski definition) is 2. The second-order valence-electron chi connectivity index (χ2n) is 5.04. The summed E-state index contributed by atoms with van der Waals surface area (Å²) in [4.78, 5) is 25.7. The van der Waals surface area contributed by atoms with E-state index < -0.39 is 0 Å². The molecule has 0 radical (unpaired) electrons. The summed E-state index contributed by atoms with van der Waals surface area (Å²) in [7, 11) is 0. The summed E-state index contributed by atoms with van der Waals surface area (Å²) in [6.07, 6.45) is 0.304. The first-order chi connectivity index (χ1) is 8.97. The lowest BCUT2D eigenvalue weighted by atomic mass is 10.1. The van der Waals surface area contributed by atoms with Crippen molar-refractivity contribution in [3.8, 4) is 0 Å². The van der Waals surface area contributed by atoms with Crippen molar-refractivity contribution in [1.82, 2.24) is 4.90 Å². The van der Waals surface area contributed by atoms with Gasteiger partial charge in [-0.25, -0.2) is 0 Å². The lowest BCUT2D eigenvalue weighted by molar-refractivity contribution is -0.129. The molecule has 2 amide bonds. The van der Waals surface area contributed by atoms with E-state index in [1.165, 1.54) is 0 Å². The number of halogens is 1. The predicted molar refractivity (Wildman–Crippen MR) is 77.7 cm³/mol. The average Bonchev–Trinajstić information content (AvgIpc) is 2.71. The van der Waals surface area contributed by atoms with Crippen LogP contribution in [0.3, 0.4) is 0 Å². The number of amides is 2. The van der Waals surface area contributed by atoms with E-state index in [0.717, 1.165) is 10.2 Å². The molecular formula is C14H17BrN2O2. The van der Waals surface area contributed by atoms with Crippen molar-refractivity contribution < 1.29 is 9.59 Å². The van der Waals surface area contributed by atoms with E-state index in [-0.39, 0.29) is 23.8 Å². The minimum absolute atomic E-state index is 0.0596. The molecule has 2 rings (SSSR count). The van der Waals surface area contributed by atoms with Gasteiger partial charge in [0.15, 0.2) is 0 Å². The number of anilines is 1.